The number of fused-ring (bicyclic) bond motifs is 1. The predicted octanol–water partition coefficient (Wildman–Crippen LogP) is 3.05. The Morgan fingerprint density at radius 1 is 1.28 bits per heavy atom. The van der Waals surface area contributed by atoms with Gasteiger partial charge in [0.15, 0.2) is 5.96 Å². The van der Waals surface area contributed by atoms with Gasteiger partial charge in [-0.3, -0.25) is 9.79 Å². The monoisotopic (exact) mass is 512 g/mol. The molecule has 0 aromatic heterocycles. The van der Waals surface area contributed by atoms with E-state index in [4.69, 9.17) is 9.73 Å². The Labute approximate surface area is 191 Å². The number of nitrogens with zero attached hydrogens (tertiary/aromatic N) is 3. The molecule has 0 radical (unpaired) electrons. The standard InChI is InChI=1S/C22H32N4O2.HI/c1-2-23-21(25-14-10-22(16-25)11-15-28-17-22)24-12-5-8-20(27)26-13-9-18-6-3-4-7-19(18)26;/h3-4,6-7H,2,5,8-17H2,1H3,(H,23,24);1H. The van der Waals surface area contributed by atoms with E-state index in [0.717, 1.165) is 70.3 Å². The van der Waals surface area contributed by atoms with Crippen molar-refractivity contribution >= 4 is 41.5 Å². The lowest BCUT2D eigenvalue weighted by Gasteiger charge is -2.25. The van der Waals surface area contributed by atoms with Crippen molar-refractivity contribution in [3.05, 3.63) is 29.8 Å². The summed E-state index contributed by atoms with van der Waals surface area (Å²) in [6, 6.07) is 8.23. The van der Waals surface area contributed by atoms with Gasteiger partial charge in [0.1, 0.15) is 0 Å². The summed E-state index contributed by atoms with van der Waals surface area (Å²) in [5.41, 5.74) is 2.70. The molecular weight excluding hydrogens is 479 g/mol. The molecule has 1 amide bonds. The van der Waals surface area contributed by atoms with E-state index in [9.17, 15) is 4.79 Å². The number of carbonyl (C=O) groups excluding carboxylic acids is 1. The lowest BCUT2D eigenvalue weighted by atomic mass is 9.87. The minimum Gasteiger partial charge on any atom is -0.381 e. The topological polar surface area (TPSA) is 57.2 Å². The summed E-state index contributed by atoms with van der Waals surface area (Å²) in [6.07, 6.45) is 4.65. The molecule has 3 heterocycles. The summed E-state index contributed by atoms with van der Waals surface area (Å²) < 4.78 is 5.64. The van der Waals surface area contributed by atoms with Crippen LogP contribution in [0.2, 0.25) is 0 Å². The van der Waals surface area contributed by atoms with Crippen LogP contribution in [-0.2, 0) is 16.0 Å². The zero-order valence-electron chi connectivity index (χ0n) is 17.4. The lowest BCUT2D eigenvalue weighted by Crippen LogP contribution is -2.41. The first kappa shape index (κ1) is 22.3. The smallest absolute Gasteiger partial charge is 0.227 e. The number of benzene rings is 1. The third-order valence-electron chi connectivity index (χ3n) is 6.26. The average molecular weight is 512 g/mol. The molecule has 1 unspecified atom stereocenters. The van der Waals surface area contributed by atoms with E-state index >= 15 is 0 Å². The van der Waals surface area contributed by atoms with E-state index in [0.29, 0.717) is 18.4 Å². The summed E-state index contributed by atoms with van der Waals surface area (Å²) in [7, 11) is 0. The van der Waals surface area contributed by atoms with E-state index in [1.165, 1.54) is 12.0 Å². The summed E-state index contributed by atoms with van der Waals surface area (Å²) in [5, 5.41) is 3.43. The Morgan fingerprint density at radius 2 is 2.14 bits per heavy atom. The zero-order chi connectivity index (χ0) is 19.4. The maximum absolute atomic E-state index is 12.6. The van der Waals surface area contributed by atoms with Crippen molar-refractivity contribution < 1.29 is 9.53 Å². The maximum atomic E-state index is 12.6. The summed E-state index contributed by atoms with van der Waals surface area (Å²) in [6.45, 7) is 8.31. The Morgan fingerprint density at radius 3 is 2.93 bits per heavy atom. The minimum atomic E-state index is 0. The SMILES string of the molecule is CCNC(=NCCCC(=O)N1CCc2ccccc21)N1CCC2(CCOC2)C1.I. The van der Waals surface area contributed by atoms with E-state index in [1.807, 2.05) is 17.0 Å². The van der Waals surface area contributed by atoms with Gasteiger partial charge in [-0.1, -0.05) is 18.2 Å². The number of rotatable bonds is 5. The molecule has 0 aliphatic carbocycles. The fraction of sp³-hybridized carbons (Fsp3) is 0.636. The number of carbonyl (C=O) groups is 1. The highest BCUT2D eigenvalue weighted by Crippen LogP contribution is 2.38. The predicted molar refractivity (Wildman–Crippen MR) is 127 cm³/mol. The van der Waals surface area contributed by atoms with Crippen LogP contribution in [0.25, 0.3) is 0 Å². The van der Waals surface area contributed by atoms with Crippen LogP contribution < -0.4 is 10.2 Å². The number of amides is 1. The number of anilines is 1. The first-order valence-corrected chi connectivity index (χ1v) is 10.7. The van der Waals surface area contributed by atoms with Crippen molar-refractivity contribution in [3.8, 4) is 0 Å². The minimum absolute atomic E-state index is 0. The van der Waals surface area contributed by atoms with Crippen molar-refractivity contribution in [1.82, 2.24) is 10.2 Å². The highest BCUT2D eigenvalue weighted by Gasteiger charge is 2.42. The Balaban J connectivity index is 0.00000240. The molecule has 1 aromatic carbocycles. The normalized spacial score (nSPS) is 23.4. The molecule has 160 valence electrons. The van der Waals surface area contributed by atoms with Crippen LogP contribution in [0.5, 0.6) is 0 Å². The van der Waals surface area contributed by atoms with Crippen molar-refractivity contribution in [2.45, 2.75) is 39.0 Å². The largest absolute Gasteiger partial charge is 0.381 e. The number of hydrogen-bond acceptors (Lipinski definition) is 3. The van der Waals surface area contributed by atoms with E-state index in [-0.39, 0.29) is 29.9 Å². The number of likely N-dealkylation sites (tertiary alicyclic amines) is 1. The summed E-state index contributed by atoms with van der Waals surface area (Å²) in [5.74, 6) is 1.21. The van der Waals surface area contributed by atoms with Gasteiger partial charge in [-0.05, 0) is 44.2 Å². The molecule has 2 fully saturated rings. The number of ether oxygens (including phenoxy) is 1. The second-order valence-corrected chi connectivity index (χ2v) is 8.24. The molecule has 0 bridgehead atoms. The number of para-hydroxylation sites is 1. The van der Waals surface area contributed by atoms with Crippen LogP contribution in [0, 0.1) is 5.41 Å². The molecule has 29 heavy (non-hydrogen) atoms. The highest BCUT2D eigenvalue weighted by atomic mass is 127. The van der Waals surface area contributed by atoms with Crippen molar-refractivity contribution in [3.63, 3.8) is 0 Å². The van der Waals surface area contributed by atoms with Crippen LogP contribution in [0.3, 0.4) is 0 Å². The van der Waals surface area contributed by atoms with Crippen LogP contribution in [0.4, 0.5) is 5.69 Å². The van der Waals surface area contributed by atoms with Crippen molar-refractivity contribution in [1.29, 1.82) is 0 Å². The highest BCUT2D eigenvalue weighted by molar-refractivity contribution is 14.0. The molecule has 4 rings (SSSR count). The van der Waals surface area contributed by atoms with Gasteiger partial charge >= 0.3 is 0 Å². The molecule has 6 nitrogen and oxygen atoms in total. The molecule has 0 saturated carbocycles. The third-order valence-corrected chi connectivity index (χ3v) is 6.26. The van der Waals surface area contributed by atoms with Gasteiger partial charge in [0.25, 0.3) is 0 Å². The number of halogens is 1. The van der Waals surface area contributed by atoms with Crippen molar-refractivity contribution in [2.24, 2.45) is 10.4 Å². The Bertz CT molecular complexity index is 733. The molecule has 7 heteroatoms. The quantitative estimate of drug-likeness (QED) is 0.285. The third kappa shape index (κ3) is 5.05. The van der Waals surface area contributed by atoms with Gasteiger partial charge in [0.2, 0.25) is 5.91 Å². The van der Waals surface area contributed by atoms with Gasteiger partial charge in [0.05, 0.1) is 6.61 Å². The van der Waals surface area contributed by atoms with Gasteiger partial charge in [0, 0.05) is 56.9 Å². The van der Waals surface area contributed by atoms with Crippen LogP contribution in [0.15, 0.2) is 29.3 Å². The van der Waals surface area contributed by atoms with E-state index in [2.05, 4.69) is 29.3 Å². The number of nitrogens with one attached hydrogen (secondary N) is 1. The number of aliphatic imine (C=N–C) groups is 1. The number of hydrogen-bond donors (Lipinski definition) is 1. The maximum Gasteiger partial charge on any atom is 0.227 e. The van der Waals surface area contributed by atoms with Crippen molar-refractivity contribution in [2.75, 3.05) is 50.8 Å². The van der Waals surface area contributed by atoms with Gasteiger partial charge in [-0.15, -0.1) is 24.0 Å². The van der Waals surface area contributed by atoms with Crippen LogP contribution in [-0.4, -0.2) is 62.7 Å². The van der Waals surface area contributed by atoms with Crippen LogP contribution in [0.1, 0.15) is 38.2 Å². The van der Waals surface area contributed by atoms with E-state index in [1.54, 1.807) is 0 Å². The average Bonchev–Trinajstić information content (AvgIpc) is 3.45. The first-order valence-electron chi connectivity index (χ1n) is 10.7. The van der Waals surface area contributed by atoms with Crippen LogP contribution >= 0.6 is 24.0 Å². The van der Waals surface area contributed by atoms with Gasteiger partial charge in [-0.25, -0.2) is 0 Å². The van der Waals surface area contributed by atoms with Gasteiger partial charge in [-0.2, -0.15) is 0 Å². The van der Waals surface area contributed by atoms with E-state index < -0.39 is 0 Å². The fourth-order valence-electron chi connectivity index (χ4n) is 4.66. The number of guanidine groups is 1. The second-order valence-electron chi connectivity index (χ2n) is 8.24. The molecule has 1 aromatic rings. The molecule has 3 aliphatic heterocycles. The Kier molecular flexibility index (Phi) is 7.79. The Hall–Kier alpha value is -1.35. The van der Waals surface area contributed by atoms with Gasteiger partial charge < -0.3 is 19.9 Å². The first-order chi connectivity index (χ1) is 13.7. The molecule has 2 saturated heterocycles. The molecule has 1 spiro atoms. The molecular formula is C22H33IN4O2. The lowest BCUT2D eigenvalue weighted by molar-refractivity contribution is -0.118. The molecule has 1 atom stereocenters. The molecule has 1 N–H and O–H groups in total. The molecule has 3 aliphatic rings. The fourth-order valence-corrected chi connectivity index (χ4v) is 4.66. The zero-order valence-corrected chi connectivity index (χ0v) is 19.7. The summed E-state index contributed by atoms with van der Waals surface area (Å²) in [4.78, 5) is 21.8. The summed E-state index contributed by atoms with van der Waals surface area (Å²) >= 11 is 0. The second kappa shape index (κ2) is 10.1.